The van der Waals surface area contributed by atoms with Gasteiger partial charge in [-0.05, 0) is 64.4 Å². The van der Waals surface area contributed by atoms with E-state index in [-0.39, 0.29) is 35.4 Å². The molecule has 10 nitrogen and oxygen atoms in total. The van der Waals surface area contributed by atoms with Crippen LogP contribution in [0.4, 0.5) is 0 Å². The molecule has 0 spiro atoms. The van der Waals surface area contributed by atoms with Crippen LogP contribution < -0.4 is 0 Å². The average Bonchev–Trinajstić information content (AvgIpc) is 2.75. The minimum atomic E-state index is -2.60. The Morgan fingerprint density at radius 1 is 1.15 bits per heavy atom. The number of aromatic hydroxyl groups is 1. The fourth-order valence-corrected chi connectivity index (χ4v) is 5.75. The normalized spacial score (nSPS) is 29.2. The predicted octanol–water partition coefficient (Wildman–Crippen LogP) is 1.42. The van der Waals surface area contributed by atoms with E-state index in [9.17, 15) is 40.0 Å². The molecule has 0 amide bonds. The van der Waals surface area contributed by atoms with Crippen molar-refractivity contribution in [1.29, 1.82) is 0 Å². The van der Waals surface area contributed by atoms with Crippen molar-refractivity contribution >= 4 is 23.1 Å². The van der Waals surface area contributed by atoms with Gasteiger partial charge in [-0.2, -0.15) is 0 Å². The Labute approximate surface area is 195 Å². The van der Waals surface area contributed by atoms with Crippen LogP contribution in [0.25, 0.3) is 0 Å². The first-order valence-corrected chi connectivity index (χ1v) is 10.8. The molecule has 3 aliphatic rings. The Morgan fingerprint density at radius 2 is 1.79 bits per heavy atom. The summed E-state index contributed by atoms with van der Waals surface area (Å²) >= 11 is 0. The zero-order chi connectivity index (χ0) is 25.3. The van der Waals surface area contributed by atoms with E-state index in [1.54, 1.807) is 14.1 Å². The summed E-state index contributed by atoms with van der Waals surface area (Å²) in [7, 11) is 3.20. The second-order valence-electron chi connectivity index (χ2n) is 9.33. The molecule has 4 atom stereocenters. The number of Topliss-reactive ketones (excluding diaryl/α,β-unsaturated/α-hetero) is 3. The topological polar surface area (TPSA) is 168 Å². The number of benzene rings is 1. The van der Waals surface area contributed by atoms with Gasteiger partial charge in [0.15, 0.2) is 17.2 Å². The van der Waals surface area contributed by atoms with E-state index in [2.05, 4.69) is 5.16 Å². The lowest BCUT2D eigenvalue weighted by molar-refractivity contribution is -0.148. The quantitative estimate of drug-likeness (QED) is 0.190. The molecule has 1 aromatic rings. The number of aliphatic hydroxyl groups is 3. The van der Waals surface area contributed by atoms with Crippen molar-refractivity contribution in [3.8, 4) is 5.75 Å². The molecule has 0 heterocycles. The maximum absolute atomic E-state index is 13.5. The van der Waals surface area contributed by atoms with E-state index in [4.69, 9.17) is 0 Å². The maximum atomic E-state index is 13.5. The summed E-state index contributed by atoms with van der Waals surface area (Å²) in [4.78, 5) is 40.5. The van der Waals surface area contributed by atoms with E-state index in [1.165, 1.54) is 24.0 Å². The summed E-state index contributed by atoms with van der Waals surface area (Å²) in [5, 5.41) is 56.5. The molecule has 180 valence electrons. The highest BCUT2D eigenvalue weighted by atomic mass is 16.4. The number of ketones is 3. The molecule has 10 heteroatoms. The maximum Gasteiger partial charge on any atom is 0.209 e. The number of carbonyl (C=O) groups excluding carboxylic acids is 3. The van der Waals surface area contributed by atoms with Crippen LogP contribution in [0.15, 0.2) is 40.0 Å². The fourth-order valence-electron chi connectivity index (χ4n) is 5.75. The van der Waals surface area contributed by atoms with Crippen LogP contribution in [-0.4, -0.2) is 79.3 Å². The van der Waals surface area contributed by atoms with Crippen LogP contribution >= 0.6 is 0 Å². The second-order valence-corrected chi connectivity index (χ2v) is 9.33. The van der Waals surface area contributed by atoms with Gasteiger partial charge in [-0.15, -0.1) is 0 Å². The van der Waals surface area contributed by atoms with Gasteiger partial charge in [0.1, 0.15) is 22.8 Å². The van der Waals surface area contributed by atoms with Crippen LogP contribution in [0.1, 0.15) is 41.8 Å². The third-order valence-corrected chi connectivity index (χ3v) is 7.25. The van der Waals surface area contributed by atoms with Crippen molar-refractivity contribution in [2.24, 2.45) is 17.0 Å². The van der Waals surface area contributed by atoms with Gasteiger partial charge in [-0.1, -0.05) is 5.16 Å². The van der Waals surface area contributed by atoms with Gasteiger partial charge >= 0.3 is 0 Å². The zero-order valence-corrected chi connectivity index (χ0v) is 19.2. The summed E-state index contributed by atoms with van der Waals surface area (Å²) in [6.07, 6.45) is 0.164. The number of oxime groups is 1. The Bertz CT molecular complexity index is 1240. The number of allylic oxidation sites excluding steroid dienone is 1. The smallest absolute Gasteiger partial charge is 0.209 e. The first-order chi connectivity index (χ1) is 15.9. The zero-order valence-electron chi connectivity index (χ0n) is 19.2. The summed E-state index contributed by atoms with van der Waals surface area (Å²) in [5.41, 5.74) is -2.47. The molecule has 1 aromatic carbocycles. The van der Waals surface area contributed by atoms with Gasteiger partial charge in [0, 0.05) is 17.1 Å². The summed E-state index contributed by atoms with van der Waals surface area (Å²) in [5.74, 6) is -6.15. The highest BCUT2D eigenvalue weighted by Gasteiger charge is 2.63. The third-order valence-electron chi connectivity index (χ3n) is 7.25. The van der Waals surface area contributed by atoms with E-state index < -0.39 is 57.9 Å². The molecule has 0 fully saturated rings. The molecule has 34 heavy (non-hydrogen) atoms. The molecule has 0 bridgehead atoms. The fraction of sp³-hybridized carbons (Fsp3) is 0.417. The van der Waals surface area contributed by atoms with E-state index >= 15 is 0 Å². The van der Waals surface area contributed by atoms with E-state index in [1.807, 2.05) is 0 Å². The minimum Gasteiger partial charge on any atom is -0.510 e. The largest absolute Gasteiger partial charge is 0.510 e. The first-order valence-electron chi connectivity index (χ1n) is 10.8. The van der Waals surface area contributed by atoms with Crippen LogP contribution in [0.3, 0.4) is 0 Å². The average molecular weight is 470 g/mol. The monoisotopic (exact) mass is 470 g/mol. The van der Waals surface area contributed by atoms with Crippen molar-refractivity contribution in [1.82, 2.24) is 4.90 Å². The summed E-state index contributed by atoms with van der Waals surface area (Å²) < 4.78 is 0. The van der Waals surface area contributed by atoms with E-state index in [0.717, 1.165) is 6.92 Å². The van der Waals surface area contributed by atoms with Crippen molar-refractivity contribution in [3.63, 3.8) is 0 Å². The highest BCUT2D eigenvalue weighted by molar-refractivity contribution is 6.25. The van der Waals surface area contributed by atoms with Gasteiger partial charge in [0.25, 0.3) is 0 Å². The molecule has 0 aromatic heterocycles. The van der Waals surface area contributed by atoms with Gasteiger partial charge in [0.05, 0.1) is 17.3 Å². The molecule has 0 saturated carbocycles. The standard InChI is InChI=1S/C24H26N2O8/c1-9(25-34)12-5-6-15(28)18-13(12)7-11-8-14-19(26(3)4)21(30)16(10(2)27)22(31)24(14,33)23(32)17(11)20(18)29/h5-6,11,14,19,28,30,32-34H,7-8H2,1-4H3/b25-9-/t11-,14-,19-,24+/m0/s1. The summed E-state index contributed by atoms with van der Waals surface area (Å²) in [6.45, 7) is 2.61. The number of hydrogen-bond donors (Lipinski definition) is 5. The number of phenolic OH excluding ortho intramolecular Hbond substituents is 1. The number of phenols is 1. The number of fused-ring (bicyclic) bond motifs is 3. The second kappa shape index (κ2) is 7.78. The Kier molecular flexibility index (Phi) is 5.41. The molecule has 0 aliphatic heterocycles. The number of likely N-dealkylation sites (N-methyl/N-ethyl adjacent to an activating group) is 1. The Morgan fingerprint density at radius 3 is 2.35 bits per heavy atom. The first kappa shape index (κ1) is 23.7. The van der Waals surface area contributed by atoms with Crippen LogP contribution in [-0.2, 0) is 16.0 Å². The van der Waals surface area contributed by atoms with Gasteiger partial charge < -0.3 is 25.6 Å². The molecule has 5 N–H and O–H groups in total. The van der Waals surface area contributed by atoms with Crippen LogP contribution in [0, 0.1) is 11.8 Å². The molecular formula is C24H26N2O8. The lowest BCUT2D eigenvalue weighted by Crippen LogP contribution is -2.63. The van der Waals surface area contributed by atoms with Crippen molar-refractivity contribution in [2.75, 3.05) is 14.1 Å². The number of carbonyl (C=O) groups is 3. The van der Waals surface area contributed by atoms with Crippen molar-refractivity contribution in [2.45, 2.75) is 38.3 Å². The molecule has 0 saturated heterocycles. The molecule has 0 radical (unpaired) electrons. The number of hydrogen-bond acceptors (Lipinski definition) is 10. The molecule has 0 unspecified atom stereocenters. The molecular weight excluding hydrogens is 444 g/mol. The lowest BCUT2D eigenvalue weighted by atomic mass is 9.58. The minimum absolute atomic E-state index is 0.0231. The van der Waals surface area contributed by atoms with Crippen molar-refractivity contribution in [3.05, 3.63) is 51.5 Å². The van der Waals surface area contributed by atoms with Crippen LogP contribution in [0.2, 0.25) is 0 Å². The highest BCUT2D eigenvalue weighted by Crippen LogP contribution is 2.52. The SMILES string of the molecule is CC(=O)C1=C(O)[C@@H](N(C)C)[C@@H]2C[C@@H]3Cc4c(/C(C)=N\O)ccc(O)c4C(=O)C3=C(O)[C@]2(O)C1=O. The molecule has 3 aliphatic carbocycles. The van der Waals surface area contributed by atoms with Crippen LogP contribution in [0.5, 0.6) is 5.75 Å². The number of aliphatic hydroxyl groups excluding tert-OH is 2. The Hall–Kier alpha value is -3.50. The molecule has 4 rings (SSSR count). The summed E-state index contributed by atoms with van der Waals surface area (Å²) in [6, 6.07) is 1.80. The number of rotatable bonds is 3. The predicted molar refractivity (Wildman–Crippen MR) is 119 cm³/mol. The number of nitrogens with zero attached hydrogens (tertiary/aromatic N) is 2. The van der Waals surface area contributed by atoms with E-state index in [0.29, 0.717) is 11.1 Å². The third kappa shape index (κ3) is 2.95. The lowest BCUT2D eigenvalue weighted by Gasteiger charge is -2.50. The van der Waals surface area contributed by atoms with Crippen molar-refractivity contribution < 1.29 is 40.0 Å². The Balaban J connectivity index is 1.98. The van der Waals surface area contributed by atoms with Gasteiger partial charge in [-0.3, -0.25) is 19.3 Å². The van der Waals surface area contributed by atoms with Gasteiger partial charge in [0.2, 0.25) is 5.78 Å². The van der Waals surface area contributed by atoms with Gasteiger partial charge in [-0.25, -0.2) is 0 Å².